The average Bonchev–Trinajstić information content (AvgIpc) is 2.58. The smallest absolute Gasteiger partial charge is 0.269 e. The molecule has 138 valence electrons. The van der Waals surface area contributed by atoms with Gasteiger partial charge in [-0.3, -0.25) is 14.9 Å². The second kappa shape index (κ2) is 8.32. The van der Waals surface area contributed by atoms with Crippen molar-refractivity contribution in [3.05, 3.63) is 39.9 Å². The Labute approximate surface area is 143 Å². The van der Waals surface area contributed by atoms with Gasteiger partial charge in [0.1, 0.15) is 24.4 Å². The first-order chi connectivity index (χ1) is 11.8. The van der Waals surface area contributed by atoms with Gasteiger partial charge in [-0.2, -0.15) is 0 Å². The number of non-ortho nitro benzene ring substituents is 1. The van der Waals surface area contributed by atoms with Crippen LogP contribution in [0.2, 0.25) is 0 Å². The lowest BCUT2D eigenvalue weighted by molar-refractivity contribution is -0.384. The zero-order valence-electron chi connectivity index (χ0n) is 13.4. The van der Waals surface area contributed by atoms with Gasteiger partial charge >= 0.3 is 0 Å². The first kappa shape index (κ1) is 19.2. The molecule has 0 bridgehead atoms. The van der Waals surface area contributed by atoms with E-state index in [1.165, 1.54) is 31.2 Å². The van der Waals surface area contributed by atoms with Gasteiger partial charge < -0.3 is 30.1 Å². The second-order valence-corrected chi connectivity index (χ2v) is 5.67. The zero-order chi connectivity index (χ0) is 18.6. The lowest BCUT2D eigenvalue weighted by Gasteiger charge is -2.42. The SMILES string of the molecule is CC(=O)N[C@@H]1[C@H](OCc2ccc([N+](=O)[O-])cc2)O[C@H](CO)[C@H](O)[C@@H]1O. The van der Waals surface area contributed by atoms with Crippen molar-refractivity contribution < 1.29 is 34.5 Å². The van der Waals surface area contributed by atoms with Crippen LogP contribution in [0.15, 0.2) is 24.3 Å². The third-order valence-electron chi connectivity index (χ3n) is 3.81. The number of nitrogens with zero attached hydrogens (tertiary/aromatic N) is 1. The average molecular weight is 356 g/mol. The van der Waals surface area contributed by atoms with Crippen LogP contribution in [0.3, 0.4) is 0 Å². The Morgan fingerprint density at radius 1 is 1.32 bits per heavy atom. The van der Waals surface area contributed by atoms with Gasteiger partial charge in [0, 0.05) is 19.1 Å². The molecule has 0 aliphatic carbocycles. The number of ether oxygens (including phenoxy) is 2. The van der Waals surface area contributed by atoms with Crippen molar-refractivity contribution in [2.45, 2.75) is 44.2 Å². The quantitative estimate of drug-likeness (QED) is 0.376. The lowest BCUT2D eigenvalue weighted by atomic mass is 9.97. The van der Waals surface area contributed by atoms with Crippen LogP contribution in [-0.4, -0.2) is 63.4 Å². The van der Waals surface area contributed by atoms with Crippen LogP contribution in [0.25, 0.3) is 0 Å². The summed E-state index contributed by atoms with van der Waals surface area (Å²) in [6, 6.07) is 4.61. The largest absolute Gasteiger partial charge is 0.394 e. The van der Waals surface area contributed by atoms with Crippen LogP contribution in [0.5, 0.6) is 0 Å². The molecule has 1 saturated heterocycles. The highest BCUT2D eigenvalue weighted by Gasteiger charge is 2.45. The summed E-state index contributed by atoms with van der Waals surface area (Å²) in [5.41, 5.74) is 0.546. The number of aliphatic hydroxyl groups excluding tert-OH is 3. The summed E-state index contributed by atoms with van der Waals surface area (Å²) in [4.78, 5) is 21.4. The molecule has 10 heteroatoms. The third kappa shape index (κ3) is 4.71. The molecule has 0 radical (unpaired) electrons. The molecule has 0 saturated carbocycles. The summed E-state index contributed by atoms with van der Waals surface area (Å²) in [6.07, 6.45) is -4.96. The van der Waals surface area contributed by atoms with Gasteiger partial charge in [-0.25, -0.2) is 0 Å². The zero-order valence-corrected chi connectivity index (χ0v) is 13.4. The van der Waals surface area contributed by atoms with Crippen molar-refractivity contribution in [3.63, 3.8) is 0 Å². The molecule has 0 unspecified atom stereocenters. The first-order valence-electron chi connectivity index (χ1n) is 7.58. The normalized spacial score (nSPS) is 29.2. The summed E-state index contributed by atoms with van der Waals surface area (Å²) in [5.74, 6) is -0.453. The van der Waals surface area contributed by atoms with E-state index >= 15 is 0 Å². The van der Waals surface area contributed by atoms with Crippen molar-refractivity contribution in [2.75, 3.05) is 6.61 Å². The Hall–Kier alpha value is -2.11. The van der Waals surface area contributed by atoms with E-state index in [2.05, 4.69) is 5.32 Å². The van der Waals surface area contributed by atoms with Crippen molar-refractivity contribution in [3.8, 4) is 0 Å². The molecular weight excluding hydrogens is 336 g/mol. The maximum atomic E-state index is 11.3. The topological polar surface area (TPSA) is 151 Å². The van der Waals surface area contributed by atoms with Gasteiger partial charge in [-0.1, -0.05) is 0 Å². The number of rotatable bonds is 6. The predicted octanol–water partition coefficient (Wildman–Crippen LogP) is -0.945. The summed E-state index contributed by atoms with van der Waals surface area (Å²) >= 11 is 0. The van der Waals surface area contributed by atoms with Crippen molar-refractivity contribution in [2.24, 2.45) is 0 Å². The fraction of sp³-hybridized carbons (Fsp3) is 0.533. The van der Waals surface area contributed by atoms with Crippen molar-refractivity contribution in [1.82, 2.24) is 5.32 Å². The summed E-state index contributed by atoms with van der Waals surface area (Å²) < 4.78 is 11.0. The van der Waals surface area contributed by atoms with E-state index in [0.29, 0.717) is 5.56 Å². The van der Waals surface area contributed by atoms with E-state index in [9.17, 15) is 30.2 Å². The minimum atomic E-state index is -1.39. The number of hydrogen-bond donors (Lipinski definition) is 4. The number of nitrogens with one attached hydrogen (secondary N) is 1. The van der Waals surface area contributed by atoms with Crippen LogP contribution < -0.4 is 5.32 Å². The van der Waals surface area contributed by atoms with E-state index in [-0.39, 0.29) is 12.3 Å². The van der Waals surface area contributed by atoms with Crippen LogP contribution in [-0.2, 0) is 20.9 Å². The van der Waals surface area contributed by atoms with Crippen LogP contribution >= 0.6 is 0 Å². The number of nitro benzene ring substituents is 1. The number of nitro groups is 1. The van der Waals surface area contributed by atoms with Crippen molar-refractivity contribution >= 4 is 11.6 Å². The third-order valence-corrected chi connectivity index (χ3v) is 3.81. The van der Waals surface area contributed by atoms with E-state index in [1.807, 2.05) is 0 Å². The monoisotopic (exact) mass is 356 g/mol. The van der Waals surface area contributed by atoms with Crippen LogP contribution in [0, 0.1) is 10.1 Å². The Morgan fingerprint density at radius 3 is 2.48 bits per heavy atom. The highest BCUT2D eigenvalue weighted by molar-refractivity contribution is 5.73. The molecule has 25 heavy (non-hydrogen) atoms. The molecule has 1 amide bonds. The number of benzene rings is 1. The fourth-order valence-corrected chi connectivity index (χ4v) is 2.51. The van der Waals surface area contributed by atoms with Gasteiger partial charge in [-0.05, 0) is 17.7 Å². The Bertz CT molecular complexity index is 608. The molecule has 1 aliphatic rings. The molecular formula is C15H20N2O8. The molecule has 10 nitrogen and oxygen atoms in total. The predicted molar refractivity (Wildman–Crippen MR) is 83.3 cm³/mol. The van der Waals surface area contributed by atoms with E-state index in [0.717, 1.165) is 0 Å². The summed E-state index contributed by atoms with van der Waals surface area (Å²) in [5, 5.41) is 42.4. The van der Waals surface area contributed by atoms with Crippen LogP contribution in [0.1, 0.15) is 12.5 Å². The highest BCUT2D eigenvalue weighted by Crippen LogP contribution is 2.23. The second-order valence-electron chi connectivity index (χ2n) is 5.67. The molecule has 1 heterocycles. The molecule has 0 spiro atoms. The van der Waals surface area contributed by atoms with Gasteiger partial charge in [0.25, 0.3) is 5.69 Å². The number of carbonyl (C=O) groups is 1. The molecule has 1 aliphatic heterocycles. The minimum absolute atomic E-state index is 0.0142. The number of hydrogen-bond acceptors (Lipinski definition) is 8. The molecule has 2 rings (SSSR count). The molecule has 1 fully saturated rings. The Kier molecular flexibility index (Phi) is 6.39. The standard InChI is InChI=1S/C15H20N2O8/c1-8(19)16-12-14(21)13(20)11(6-18)25-15(12)24-7-9-2-4-10(5-3-9)17(22)23/h2-5,11-15,18,20-21H,6-7H2,1H3,(H,16,19)/t11-,12+,13+,14-,15-/m1/s1. The summed E-state index contributed by atoms with van der Waals surface area (Å²) in [6.45, 7) is 0.687. The van der Waals surface area contributed by atoms with Gasteiger partial charge in [0.05, 0.1) is 18.1 Å². The number of carbonyl (C=O) groups excluding carboxylic acids is 1. The number of amides is 1. The summed E-state index contributed by atoms with van der Waals surface area (Å²) in [7, 11) is 0. The fourth-order valence-electron chi connectivity index (χ4n) is 2.51. The minimum Gasteiger partial charge on any atom is -0.394 e. The van der Waals surface area contributed by atoms with E-state index < -0.39 is 48.1 Å². The number of aliphatic hydroxyl groups is 3. The molecule has 5 atom stereocenters. The van der Waals surface area contributed by atoms with Gasteiger partial charge in [-0.15, -0.1) is 0 Å². The van der Waals surface area contributed by atoms with Gasteiger partial charge in [0.15, 0.2) is 6.29 Å². The maximum Gasteiger partial charge on any atom is 0.269 e. The highest BCUT2D eigenvalue weighted by atomic mass is 16.7. The van der Waals surface area contributed by atoms with E-state index in [4.69, 9.17) is 9.47 Å². The maximum absolute atomic E-state index is 11.3. The Morgan fingerprint density at radius 2 is 1.96 bits per heavy atom. The van der Waals surface area contributed by atoms with Crippen molar-refractivity contribution in [1.29, 1.82) is 0 Å². The molecule has 1 aromatic carbocycles. The van der Waals surface area contributed by atoms with E-state index in [1.54, 1.807) is 0 Å². The first-order valence-corrected chi connectivity index (χ1v) is 7.58. The lowest BCUT2D eigenvalue weighted by Crippen LogP contribution is -2.64. The van der Waals surface area contributed by atoms with Crippen LogP contribution in [0.4, 0.5) is 5.69 Å². The molecule has 0 aromatic heterocycles. The molecule has 4 N–H and O–H groups in total. The Balaban J connectivity index is 2.07. The molecule has 1 aromatic rings. The van der Waals surface area contributed by atoms with Gasteiger partial charge in [0.2, 0.25) is 5.91 Å².